The average Bonchev–Trinajstić information content (AvgIpc) is 3.62. The second-order valence-corrected chi connectivity index (χ2v) is 13.5. The fourth-order valence-corrected chi connectivity index (χ4v) is 7.66. The van der Waals surface area contributed by atoms with Crippen molar-refractivity contribution in [2.75, 3.05) is 0 Å². The van der Waals surface area contributed by atoms with Crippen LogP contribution in [0.15, 0.2) is 175 Å². The number of aromatic nitrogens is 4. The van der Waals surface area contributed by atoms with E-state index in [0.29, 0.717) is 17.5 Å². The molecule has 5 heteroatoms. The Bertz CT molecular complexity index is 3160. The molecule has 0 fully saturated rings. The van der Waals surface area contributed by atoms with E-state index in [4.69, 9.17) is 19.4 Å². The van der Waals surface area contributed by atoms with E-state index in [2.05, 4.69) is 151 Å². The summed E-state index contributed by atoms with van der Waals surface area (Å²) in [6.07, 6.45) is 3.70. The number of pyridine rings is 1. The van der Waals surface area contributed by atoms with Crippen LogP contribution >= 0.6 is 0 Å². The molecular weight excluding hydrogens is 649 g/mol. The second-order valence-electron chi connectivity index (χ2n) is 13.5. The van der Waals surface area contributed by atoms with Crippen molar-refractivity contribution in [2.24, 2.45) is 0 Å². The Balaban J connectivity index is 1.04. The maximum Gasteiger partial charge on any atom is 0.164 e. The van der Waals surface area contributed by atoms with Crippen LogP contribution in [0.1, 0.15) is 0 Å². The summed E-state index contributed by atoms with van der Waals surface area (Å²) in [6, 6.07) is 55.2. The molecule has 0 N–H and O–H groups in total. The first-order chi connectivity index (χ1) is 26.2. The molecule has 11 aromatic rings. The third-order valence-corrected chi connectivity index (χ3v) is 10.3. The molecule has 0 aliphatic rings. The Kier molecular flexibility index (Phi) is 6.48. The highest BCUT2D eigenvalue weighted by atomic mass is 16.3. The molecule has 11 rings (SSSR count). The molecule has 3 aromatic heterocycles. The first-order valence-electron chi connectivity index (χ1n) is 17.7. The van der Waals surface area contributed by atoms with Gasteiger partial charge in [-0.05, 0) is 91.3 Å². The third kappa shape index (κ3) is 4.94. The number of hydrogen-bond donors (Lipinski definition) is 0. The van der Waals surface area contributed by atoms with Gasteiger partial charge in [-0.15, -0.1) is 0 Å². The second kappa shape index (κ2) is 11.7. The largest absolute Gasteiger partial charge is 0.455 e. The summed E-state index contributed by atoms with van der Waals surface area (Å²) in [4.78, 5) is 19.6. The summed E-state index contributed by atoms with van der Waals surface area (Å²) in [7, 11) is 0. The lowest BCUT2D eigenvalue weighted by Crippen LogP contribution is -2.00. The fraction of sp³-hybridized carbons (Fsp3) is 0. The van der Waals surface area contributed by atoms with Crippen molar-refractivity contribution in [3.8, 4) is 45.3 Å². The van der Waals surface area contributed by atoms with Gasteiger partial charge in [-0.2, -0.15) is 0 Å². The van der Waals surface area contributed by atoms with Crippen LogP contribution in [0, 0.1) is 0 Å². The van der Waals surface area contributed by atoms with Crippen LogP contribution in [-0.4, -0.2) is 19.9 Å². The monoisotopic (exact) mass is 676 g/mol. The summed E-state index contributed by atoms with van der Waals surface area (Å²) in [5.74, 6) is 1.92. The zero-order valence-electron chi connectivity index (χ0n) is 28.4. The number of benzene rings is 8. The Labute approximate surface area is 303 Å². The van der Waals surface area contributed by atoms with E-state index in [1.165, 1.54) is 10.8 Å². The Morgan fingerprint density at radius 1 is 0.377 bits per heavy atom. The molecule has 0 aliphatic heterocycles. The first-order valence-corrected chi connectivity index (χ1v) is 17.7. The molecule has 0 saturated heterocycles. The molecule has 0 spiro atoms. The van der Waals surface area contributed by atoms with Crippen LogP contribution in [-0.2, 0) is 0 Å². The minimum absolute atomic E-state index is 0.633. The van der Waals surface area contributed by atoms with E-state index in [9.17, 15) is 0 Å². The van der Waals surface area contributed by atoms with Crippen LogP contribution in [0.3, 0.4) is 0 Å². The zero-order chi connectivity index (χ0) is 34.9. The molecule has 0 amide bonds. The molecule has 0 saturated carbocycles. The molecule has 53 heavy (non-hydrogen) atoms. The molecule has 5 nitrogen and oxygen atoms in total. The smallest absolute Gasteiger partial charge is 0.164 e. The fourth-order valence-electron chi connectivity index (χ4n) is 7.66. The maximum absolute atomic E-state index is 6.45. The number of nitrogens with zero attached hydrogens (tertiary/aromatic N) is 4. The van der Waals surface area contributed by atoms with Crippen molar-refractivity contribution < 1.29 is 4.42 Å². The van der Waals surface area contributed by atoms with Crippen molar-refractivity contribution in [1.82, 2.24) is 19.9 Å². The lowest BCUT2D eigenvalue weighted by molar-refractivity contribution is 0.672. The Morgan fingerprint density at radius 2 is 0.887 bits per heavy atom. The van der Waals surface area contributed by atoms with Crippen molar-refractivity contribution in [2.45, 2.75) is 0 Å². The summed E-state index contributed by atoms with van der Waals surface area (Å²) >= 11 is 0. The van der Waals surface area contributed by atoms with E-state index in [1.807, 2.05) is 24.5 Å². The van der Waals surface area contributed by atoms with Crippen LogP contribution in [0.25, 0.3) is 110 Å². The molecule has 0 radical (unpaired) electrons. The summed E-state index contributed by atoms with van der Waals surface area (Å²) in [5.41, 5.74) is 6.82. The zero-order valence-corrected chi connectivity index (χ0v) is 28.4. The molecule has 0 atom stereocenters. The van der Waals surface area contributed by atoms with Gasteiger partial charge >= 0.3 is 0 Å². The highest BCUT2D eigenvalue weighted by molar-refractivity contribution is 6.19. The van der Waals surface area contributed by atoms with E-state index < -0.39 is 0 Å². The molecule has 3 heterocycles. The Morgan fingerprint density at radius 3 is 1.51 bits per heavy atom. The normalized spacial score (nSPS) is 11.8. The van der Waals surface area contributed by atoms with Gasteiger partial charge < -0.3 is 4.42 Å². The first kappa shape index (κ1) is 29.5. The topological polar surface area (TPSA) is 64.7 Å². The SMILES string of the molecule is c1ccc2cc(-c3nc(-c4ccc5ccccc5c4)nc(-c4ccc5cc(-c6cccc7oc8c9cnccc9ccc8c67)ccc5c4)n3)ccc2c1. The van der Waals surface area contributed by atoms with E-state index in [-0.39, 0.29) is 0 Å². The van der Waals surface area contributed by atoms with Gasteiger partial charge in [0.25, 0.3) is 0 Å². The Hall–Kier alpha value is -7.24. The molecule has 246 valence electrons. The van der Waals surface area contributed by atoms with Gasteiger partial charge in [0.05, 0.1) is 0 Å². The number of rotatable bonds is 4. The van der Waals surface area contributed by atoms with Gasteiger partial charge in [-0.25, -0.2) is 15.0 Å². The number of furan rings is 1. The quantitative estimate of drug-likeness (QED) is 0.186. The van der Waals surface area contributed by atoms with Gasteiger partial charge in [0.1, 0.15) is 11.2 Å². The average molecular weight is 677 g/mol. The van der Waals surface area contributed by atoms with E-state index >= 15 is 0 Å². The summed E-state index contributed by atoms with van der Waals surface area (Å²) < 4.78 is 6.45. The molecule has 0 unspecified atom stereocenters. The molecule has 0 aliphatic carbocycles. The summed E-state index contributed by atoms with van der Waals surface area (Å²) in [6.45, 7) is 0. The highest BCUT2D eigenvalue weighted by Gasteiger charge is 2.17. The molecule has 8 aromatic carbocycles. The van der Waals surface area contributed by atoms with Crippen LogP contribution < -0.4 is 0 Å². The lowest BCUT2D eigenvalue weighted by atomic mass is 9.96. The maximum atomic E-state index is 6.45. The summed E-state index contributed by atoms with van der Waals surface area (Å²) in [5, 5.41) is 11.2. The van der Waals surface area contributed by atoms with Crippen molar-refractivity contribution in [1.29, 1.82) is 0 Å². The van der Waals surface area contributed by atoms with Crippen LogP contribution in [0.2, 0.25) is 0 Å². The van der Waals surface area contributed by atoms with Crippen molar-refractivity contribution in [3.05, 3.63) is 170 Å². The van der Waals surface area contributed by atoms with Gasteiger partial charge in [0.15, 0.2) is 17.5 Å². The van der Waals surface area contributed by atoms with Crippen LogP contribution in [0.5, 0.6) is 0 Å². The van der Waals surface area contributed by atoms with Gasteiger partial charge in [-0.3, -0.25) is 4.98 Å². The van der Waals surface area contributed by atoms with E-state index in [0.717, 1.165) is 82.1 Å². The minimum atomic E-state index is 0.633. The lowest BCUT2D eigenvalue weighted by Gasteiger charge is -2.11. The number of hydrogen-bond acceptors (Lipinski definition) is 5. The predicted molar refractivity (Wildman–Crippen MR) is 217 cm³/mol. The van der Waals surface area contributed by atoms with Crippen molar-refractivity contribution in [3.63, 3.8) is 0 Å². The van der Waals surface area contributed by atoms with Gasteiger partial charge in [0.2, 0.25) is 0 Å². The predicted octanol–water partition coefficient (Wildman–Crippen LogP) is 12.4. The van der Waals surface area contributed by atoms with Gasteiger partial charge in [-0.1, -0.05) is 115 Å². The van der Waals surface area contributed by atoms with E-state index in [1.54, 1.807) is 0 Å². The van der Waals surface area contributed by atoms with Crippen molar-refractivity contribution >= 4 is 65.0 Å². The number of fused-ring (bicyclic) bond motifs is 8. The molecular formula is C48H28N4O. The minimum Gasteiger partial charge on any atom is -0.455 e. The van der Waals surface area contributed by atoms with Gasteiger partial charge in [0, 0.05) is 45.2 Å². The standard InChI is InChI=1S/C48H28N4O/c1-3-8-32-25-37(17-12-29(32)6-1)46-50-47(38-18-13-30-7-2-4-9-33(30)26-38)52-48(51-46)39-19-15-34-24-36(16-14-35(34)27-39)40-10-5-11-43-44(40)41-21-20-31-22-23-49-28-42(31)45(41)53-43/h1-28H. The molecule has 0 bridgehead atoms. The van der Waals surface area contributed by atoms with Crippen LogP contribution in [0.4, 0.5) is 0 Å². The third-order valence-electron chi connectivity index (χ3n) is 10.3. The highest BCUT2D eigenvalue weighted by Crippen LogP contribution is 2.40.